The van der Waals surface area contributed by atoms with Gasteiger partial charge in [0.15, 0.2) is 18.1 Å². The first kappa shape index (κ1) is 18.1. The average Bonchev–Trinajstić information content (AvgIpc) is 3.10. The summed E-state index contributed by atoms with van der Waals surface area (Å²) in [6.45, 7) is 0.303. The zero-order valence-corrected chi connectivity index (χ0v) is 16.4. The van der Waals surface area contributed by atoms with E-state index in [-0.39, 0.29) is 30.2 Å². The molecular weight excluding hydrogens is 382 g/mol. The Morgan fingerprint density at radius 1 is 1.14 bits per heavy atom. The van der Waals surface area contributed by atoms with Crippen LogP contribution in [0.5, 0.6) is 11.5 Å². The molecule has 0 radical (unpaired) electrons. The Morgan fingerprint density at radius 3 is 2.64 bits per heavy atom. The van der Waals surface area contributed by atoms with Gasteiger partial charge in [-0.25, -0.2) is 0 Å². The smallest absolute Gasteiger partial charge is 0.312 e. The maximum atomic E-state index is 12.9. The van der Waals surface area contributed by atoms with Crippen molar-refractivity contribution in [3.05, 3.63) is 23.8 Å². The highest BCUT2D eigenvalue weighted by Crippen LogP contribution is 2.64. The number of halogens is 1. The minimum Gasteiger partial charge on any atom is -0.455 e. The van der Waals surface area contributed by atoms with Crippen LogP contribution < -0.4 is 14.8 Å². The molecule has 1 aromatic carbocycles. The van der Waals surface area contributed by atoms with Crippen molar-refractivity contribution in [3.63, 3.8) is 0 Å². The Kier molecular flexibility index (Phi) is 4.23. The first-order valence-electron chi connectivity index (χ1n) is 9.95. The van der Waals surface area contributed by atoms with Gasteiger partial charge in [0, 0.05) is 11.4 Å². The standard InChI is InChI=1S/C21H24ClNO5/c22-21-7-14-3-15(8-21)6-20(5-14,11-21)19(25)26-10-18(24)23-9-13-1-2-16-17(4-13)28-12-27-16/h1-2,4,14-15H,3,5-12H2,(H,23,24)/t14-,15+,20?,21?. The highest BCUT2D eigenvalue weighted by molar-refractivity contribution is 6.24. The highest BCUT2D eigenvalue weighted by atomic mass is 35.5. The minimum absolute atomic E-state index is 0.216. The maximum Gasteiger partial charge on any atom is 0.312 e. The van der Waals surface area contributed by atoms with Crippen LogP contribution in [0, 0.1) is 17.3 Å². The first-order valence-corrected chi connectivity index (χ1v) is 10.3. The molecule has 5 aliphatic rings. The molecule has 0 aromatic heterocycles. The molecule has 0 spiro atoms. The second-order valence-electron chi connectivity index (χ2n) is 8.93. The van der Waals surface area contributed by atoms with Crippen molar-refractivity contribution in [1.29, 1.82) is 0 Å². The first-order chi connectivity index (χ1) is 13.4. The lowest BCUT2D eigenvalue weighted by Crippen LogP contribution is -2.56. The largest absolute Gasteiger partial charge is 0.455 e. The van der Waals surface area contributed by atoms with E-state index in [2.05, 4.69) is 5.32 Å². The summed E-state index contributed by atoms with van der Waals surface area (Å²) < 4.78 is 16.1. The molecule has 1 aromatic rings. The number of hydrogen-bond donors (Lipinski definition) is 1. The number of carbonyl (C=O) groups is 2. The van der Waals surface area contributed by atoms with E-state index in [1.165, 1.54) is 6.42 Å². The number of esters is 1. The molecule has 6 rings (SSSR count). The van der Waals surface area contributed by atoms with Crippen molar-refractivity contribution >= 4 is 23.5 Å². The third-order valence-corrected chi connectivity index (χ3v) is 7.13. The van der Waals surface area contributed by atoms with Crippen LogP contribution in [0.2, 0.25) is 0 Å². The summed E-state index contributed by atoms with van der Waals surface area (Å²) >= 11 is 6.78. The van der Waals surface area contributed by atoms with Gasteiger partial charge in [-0.15, -0.1) is 11.6 Å². The van der Waals surface area contributed by atoms with Crippen molar-refractivity contribution in [2.24, 2.45) is 17.3 Å². The molecule has 4 atom stereocenters. The Morgan fingerprint density at radius 2 is 1.89 bits per heavy atom. The number of hydrogen-bond acceptors (Lipinski definition) is 5. The summed E-state index contributed by atoms with van der Waals surface area (Å²) in [5.41, 5.74) is 0.415. The van der Waals surface area contributed by atoms with Gasteiger partial charge < -0.3 is 19.5 Å². The molecular formula is C21H24ClNO5. The van der Waals surface area contributed by atoms with Crippen molar-refractivity contribution in [2.45, 2.75) is 49.9 Å². The zero-order valence-electron chi connectivity index (χ0n) is 15.7. The molecule has 150 valence electrons. The van der Waals surface area contributed by atoms with Crippen LogP contribution >= 0.6 is 11.6 Å². The van der Waals surface area contributed by atoms with Crippen LogP contribution in [-0.2, 0) is 20.9 Å². The lowest BCUT2D eigenvalue weighted by Gasteiger charge is -2.58. The Bertz CT molecular complexity index is 811. The molecule has 6 nitrogen and oxygen atoms in total. The third kappa shape index (κ3) is 3.21. The van der Waals surface area contributed by atoms with Crippen LogP contribution in [0.15, 0.2) is 18.2 Å². The molecule has 7 heteroatoms. The van der Waals surface area contributed by atoms with Gasteiger partial charge >= 0.3 is 5.97 Å². The van der Waals surface area contributed by atoms with Crippen LogP contribution in [0.1, 0.15) is 44.1 Å². The van der Waals surface area contributed by atoms with Gasteiger partial charge in [0.1, 0.15) is 0 Å². The number of amides is 1. The quantitative estimate of drug-likeness (QED) is 0.601. The molecule has 4 saturated carbocycles. The molecule has 28 heavy (non-hydrogen) atoms. The summed E-state index contributed by atoms with van der Waals surface area (Å²) in [5, 5.41) is 2.79. The lowest BCUT2D eigenvalue weighted by molar-refractivity contribution is -0.171. The fourth-order valence-corrected chi connectivity index (χ4v) is 6.67. The van der Waals surface area contributed by atoms with Crippen molar-refractivity contribution < 1.29 is 23.8 Å². The monoisotopic (exact) mass is 405 g/mol. The molecule has 0 saturated heterocycles. The number of benzene rings is 1. The fourth-order valence-electron chi connectivity index (χ4n) is 5.98. The summed E-state index contributed by atoms with van der Waals surface area (Å²) in [7, 11) is 0. The topological polar surface area (TPSA) is 73.9 Å². The SMILES string of the molecule is O=C(COC(=O)C12C[C@@H]3C[C@@H](CC(Cl)(C3)C1)C2)NCc1ccc2c(c1)OCO2. The van der Waals surface area contributed by atoms with E-state index in [9.17, 15) is 9.59 Å². The number of ether oxygens (including phenoxy) is 3. The minimum atomic E-state index is -0.483. The van der Waals surface area contributed by atoms with Crippen LogP contribution in [0.25, 0.3) is 0 Å². The van der Waals surface area contributed by atoms with Gasteiger partial charge in [-0.1, -0.05) is 6.07 Å². The van der Waals surface area contributed by atoms with E-state index in [1.807, 2.05) is 18.2 Å². The maximum absolute atomic E-state index is 12.9. The molecule has 2 unspecified atom stereocenters. The van der Waals surface area contributed by atoms with Gasteiger partial charge in [-0.05, 0) is 68.1 Å². The zero-order chi connectivity index (χ0) is 19.4. The van der Waals surface area contributed by atoms with Crippen molar-refractivity contribution in [3.8, 4) is 11.5 Å². The predicted octanol–water partition coefficient (Wildman–Crippen LogP) is 3.15. The summed E-state index contributed by atoms with van der Waals surface area (Å²) in [4.78, 5) is 24.8. The van der Waals surface area contributed by atoms with E-state index in [4.69, 9.17) is 25.8 Å². The van der Waals surface area contributed by atoms with E-state index >= 15 is 0 Å². The summed E-state index contributed by atoms with van der Waals surface area (Å²) in [6, 6.07) is 5.53. The number of rotatable bonds is 5. The van der Waals surface area contributed by atoms with Crippen molar-refractivity contribution in [1.82, 2.24) is 5.32 Å². The number of fused-ring (bicyclic) bond motifs is 1. The fraction of sp³-hybridized carbons (Fsp3) is 0.619. The van der Waals surface area contributed by atoms with Crippen molar-refractivity contribution in [2.75, 3.05) is 13.4 Å². The lowest BCUT2D eigenvalue weighted by atomic mass is 9.49. The highest BCUT2D eigenvalue weighted by Gasteiger charge is 2.60. The molecule has 4 fully saturated rings. The molecule has 4 aliphatic carbocycles. The Hall–Kier alpha value is -1.95. The second kappa shape index (κ2) is 6.55. The Labute approximate surface area is 168 Å². The van der Waals surface area contributed by atoms with E-state index in [0.29, 0.717) is 36.3 Å². The third-order valence-electron chi connectivity index (χ3n) is 6.68. The average molecular weight is 406 g/mol. The number of nitrogens with one attached hydrogen (secondary N) is 1. The normalized spacial score (nSPS) is 34.3. The molecule has 1 N–H and O–H groups in total. The van der Waals surface area contributed by atoms with Gasteiger partial charge in [0.05, 0.1) is 5.41 Å². The predicted molar refractivity (Wildman–Crippen MR) is 101 cm³/mol. The number of carbonyl (C=O) groups excluding carboxylic acids is 2. The molecule has 1 amide bonds. The van der Waals surface area contributed by atoms with E-state index in [0.717, 1.165) is 31.2 Å². The molecule has 4 bridgehead atoms. The molecule has 1 aliphatic heterocycles. The van der Waals surface area contributed by atoms with Crippen LogP contribution in [0.4, 0.5) is 0 Å². The second-order valence-corrected chi connectivity index (χ2v) is 9.73. The number of alkyl halides is 1. The summed E-state index contributed by atoms with van der Waals surface area (Å²) in [5.74, 6) is 1.87. The van der Waals surface area contributed by atoms with Gasteiger partial charge in [0.25, 0.3) is 5.91 Å². The van der Waals surface area contributed by atoms with Crippen LogP contribution in [0.3, 0.4) is 0 Å². The Balaban J connectivity index is 1.14. The van der Waals surface area contributed by atoms with Gasteiger partial charge in [0.2, 0.25) is 6.79 Å². The van der Waals surface area contributed by atoms with E-state index < -0.39 is 5.41 Å². The van der Waals surface area contributed by atoms with Crippen LogP contribution in [-0.4, -0.2) is 30.2 Å². The van der Waals surface area contributed by atoms with E-state index in [1.54, 1.807) is 0 Å². The van der Waals surface area contributed by atoms with Gasteiger partial charge in [-0.3, -0.25) is 9.59 Å². The van der Waals surface area contributed by atoms with Gasteiger partial charge in [-0.2, -0.15) is 0 Å². The molecule has 1 heterocycles. The summed E-state index contributed by atoms with van der Waals surface area (Å²) in [6.07, 6.45) is 5.60.